The second-order valence-electron chi connectivity index (χ2n) is 9.21. The van der Waals surface area contributed by atoms with Gasteiger partial charge >= 0.3 is 12.1 Å². The fourth-order valence-electron chi connectivity index (χ4n) is 4.54. The molecular weight excluding hydrogens is 504 g/mol. The van der Waals surface area contributed by atoms with Gasteiger partial charge in [0, 0.05) is 17.8 Å². The largest absolute Gasteiger partial charge is 0.467 e. The maximum Gasteiger partial charge on any atom is 0.417 e. The van der Waals surface area contributed by atoms with E-state index in [1.165, 1.54) is 24.1 Å². The summed E-state index contributed by atoms with van der Waals surface area (Å²) in [7, 11) is 1.28. The van der Waals surface area contributed by atoms with E-state index in [0.717, 1.165) is 17.7 Å². The molecule has 1 unspecified atom stereocenters. The first kappa shape index (κ1) is 26.8. The summed E-state index contributed by atoms with van der Waals surface area (Å²) < 4.78 is 58.8. The van der Waals surface area contributed by atoms with Crippen LogP contribution in [0.2, 0.25) is 0 Å². The Morgan fingerprint density at radius 2 is 1.66 bits per heavy atom. The molecule has 198 valence electrons. The average Bonchev–Trinajstić information content (AvgIpc) is 3.18. The van der Waals surface area contributed by atoms with Crippen molar-refractivity contribution in [1.29, 1.82) is 0 Å². The van der Waals surface area contributed by atoms with E-state index in [4.69, 9.17) is 4.74 Å². The maximum absolute atomic E-state index is 14.1. The minimum Gasteiger partial charge on any atom is -0.467 e. The van der Waals surface area contributed by atoms with Crippen LogP contribution in [0.5, 0.6) is 0 Å². The predicted molar refractivity (Wildman–Crippen MR) is 132 cm³/mol. The highest BCUT2D eigenvalue weighted by Gasteiger charge is 2.39. The van der Waals surface area contributed by atoms with Gasteiger partial charge in [-0.2, -0.15) is 13.2 Å². The van der Waals surface area contributed by atoms with Crippen LogP contribution >= 0.6 is 0 Å². The summed E-state index contributed by atoms with van der Waals surface area (Å²) in [5.41, 5.74) is 0.289. The molecule has 0 saturated carbocycles. The molecule has 1 heterocycles. The van der Waals surface area contributed by atoms with Gasteiger partial charge in [0.05, 0.1) is 18.2 Å². The number of rotatable bonds is 6. The van der Waals surface area contributed by atoms with Crippen LogP contribution in [-0.4, -0.2) is 35.8 Å². The van der Waals surface area contributed by atoms with Crippen LogP contribution in [0.1, 0.15) is 45.7 Å². The Kier molecular flexibility index (Phi) is 7.26. The molecule has 4 rings (SSSR count). The molecule has 1 aliphatic rings. The minimum atomic E-state index is -4.90. The molecule has 1 aliphatic heterocycles. The molecule has 0 aromatic heterocycles. The third-order valence-corrected chi connectivity index (χ3v) is 6.37. The zero-order chi connectivity index (χ0) is 27.8. The number of amides is 2. The van der Waals surface area contributed by atoms with Crippen molar-refractivity contribution >= 4 is 23.5 Å². The molecule has 0 saturated heterocycles. The molecule has 3 aromatic carbocycles. The van der Waals surface area contributed by atoms with Gasteiger partial charge in [-0.25, -0.2) is 9.18 Å². The van der Waals surface area contributed by atoms with Crippen molar-refractivity contribution in [1.82, 2.24) is 4.90 Å². The number of nitrogens with zero attached hydrogens (tertiary/aromatic N) is 1. The lowest BCUT2D eigenvalue weighted by molar-refractivity contribution is -0.147. The molecule has 0 fully saturated rings. The van der Waals surface area contributed by atoms with E-state index in [2.05, 4.69) is 5.32 Å². The van der Waals surface area contributed by atoms with Gasteiger partial charge in [0.1, 0.15) is 11.9 Å². The summed E-state index contributed by atoms with van der Waals surface area (Å²) in [5, 5.41) is 2.30. The van der Waals surface area contributed by atoms with Gasteiger partial charge in [-0.15, -0.1) is 0 Å². The van der Waals surface area contributed by atoms with Crippen LogP contribution < -0.4 is 5.32 Å². The SMILES string of the molecule is COC(=O)C(C(C)C)N1Cc2ccc(-c3ccc(NC(=O)c4c(F)cccc4C(F)(F)F)cc3)cc2C1=O. The van der Waals surface area contributed by atoms with E-state index in [-0.39, 0.29) is 24.1 Å². The van der Waals surface area contributed by atoms with Crippen LogP contribution in [0.4, 0.5) is 23.2 Å². The van der Waals surface area contributed by atoms with E-state index in [9.17, 15) is 31.9 Å². The number of hydrogen-bond acceptors (Lipinski definition) is 4. The molecule has 0 bridgehead atoms. The third-order valence-electron chi connectivity index (χ3n) is 6.37. The van der Waals surface area contributed by atoms with Crippen molar-refractivity contribution < 1.29 is 36.7 Å². The number of fused-ring (bicyclic) bond motifs is 1. The molecule has 6 nitrogen and oxygen atoms in total. The van der Waals surface area contributed by atoms with Gasteiger partial charge in [-0.3, -0.25) is 9.59 Å². The summed E-state index contributed by atoms with van der Waals surface area (Å²) in [5.74, 6) is -3.44. The van der Waals surface area contributed by atoms with Crippen molar-refractivity contribution in [2.24, 2.45) is 5.92 Å². The van der Waals surface area contributed by atoms with E-state index >= 15 is 0 Å². The quantitative estimate of drug-likeness (QED) is 0.319. The smallest absolute Gasteiger partial charge is 0.417 e. The lowest BCUT2D eigenvalue weighted by Gasteiger charge is -2.28. The van der Waals surface area contributed by atoms with Gasteiger partial charge in [0.25, 0.3) is 11.8 Å². The van der Waals surface area contributed by atoms with Gasteiger partial charge in [-0.1, -0.05) is 44.2 Å². The molecule has 0 spiro atoms. The molecule has 0 radical (unpaired) electrons. The predicted octanol–water partition coefficient (Wildman–Crippen LogP) is 5.92. The third kappa shape index (κ3) is 5.11. The second-order valence-corrected chi connectivity index (χ2v) is 9.21. The van der Waals surface area contributed by atoms with Crippen LogP contribution in [-0.2, 0) is 22.3 Å². The Labute approximate surface area is 216 Å². The Balaban J connectivity index is 1.55. The summed E-state index contributed by atoms with van der Waals surface area (Å²) >= 11 is 0. The lowest BCUT2D eigenvalue weighted by Crippen LogP contribution is -2.45. The van der Waals surface area contributed by atoms with Crippen LogP contribution in [0.25, 0.3) is 11.1 Å². The second kappa shape index (κ2) is 10.3. The standard InChI is InChI=1S/C28H24F4N2O4/c1-15(2)24(27(37)38-3)34-14-18-8-7-17(13-20(18)26(34)36)16-9-11-19(12-10-16)33-25(35)23-21(28(30,31)32)5-4-6-22(23)29/h4-13,15,24H,14H2,1-3H3,(H,33,35). The number of hydrogen-bond donors (Lipinski definition) is 1. The first-order chi connectivity index (χ1) is 17.9. The number of methoxy groups -OCH3 is 1. The molecule has 1 atom stereocenters. The Hall–Kier alpha value is -4.21. The summed E-state index contributed by atoms with van der Waals surface area (Å²) in [6.45, 7) is 3.94. The van der Waals surface area contributed by atoms with E-state index < -0.39 is 41.0 Å². The van der Waals surface area contributed by atoms with E-state index in [1.54, 1.807) is 30.3 Å². The molecule has 1 N–H and O–H groups in total. The molecule has 10 heteroatoms. The van der Waals surface area contributed by atoms with Crippen LogP contribution in [0.3, 0.4) is 0 Å². The number of ether oxygens (including phenoxy) is 1. The first-order valence-corrected chi connectivity index (χ1v) is 11.7. The van der Waals surface area contributed by atoms with Gasteiger partial charge < -0.3 is 15.0 Å². The fraction of sp³-hybridized carbons (Fsp3) is 0.250. The Bertz CT molecular complexity index is 1400. The monoisotopic (exact) mass is 528 g/mol. The van der Waals surface area contributed by atoms with Gasteiger partial charge in [0.2, 0.25) is 0 Å². The van der Waals surface area contributed by atoms with Crippen molar-refractivity contribution in [3.63, 3.8) is 0 Å². The molecule has 0 aliphatic carbocycles. The minimum absolute atomic E-state index is 0.153. The number of carbonyl (C=O) groups is 3. The zero-order valence-electron chi connectivity index (χ0n) is 20.7. The highest BCUT2D eigenvalue weighted by Crippen LogP contribution is 2.34. The zero-order valence-corrected chi connectivity index (χ0v) is 20.7. The number of halogens is 4. The average molecular weight is 529 g/mol. The first-order valence-electron chi connectivity index (χ1n) is 11.7. The molecular formula is C28H24F4N2O4. The van der Waals surface area contributed by atoms with Crippen LogP contribution in [0, 0.1) is 11.7 Å². The van der Waals surface area contributed by atoms with Crippen molar-refractivity contribution in [2.75, 3.05) is 12.4 Å². The van der Waals surface area contributed by atoms with Crippen molar-refractivity contribution in [2.45, 2.75) is 32.6 Å². The maximum atomic E-state index is 14.1. The topological polar surface area (TPSA) is 75.7 Å². The highest BCUT2D eigenvalue weighted by molar-refractivity contribution is 6.06. The number of nitrogens with one attached hydrogen (secondary N) is 1. The van der Waals surface area contributed by atoms with Gasteiger partial charge in [-0.05, 0) is 52.9 Å². The number of esters is 1. The highest BCUT2D eigenvalue weighted by atomic mass is 19.4. The van der Waals surface area contributed by atoms with Crippen molar-refractivity contribution in [3.05, 3.63) is 88.7 Å². The normalized spacial score (nSPS) is 13.9. The van der Waals surface area contributed by atoms with Crippen LogP contribution in [0.15, 0.2) is 60.7 Å². The molecule has 2 amide bonds. The van der Waals surface area contributed by atoms with Crippen molar-refractivity contribution in [3.8, 4) is 11.1 Å². The Morgan fingerprint density at radius 1 is 1.00 bits per heavy atom. The van der Waals surface area contributed by atoms with Gasteiger partial charge in [0.15, 0.2) is 0 Å². The van der Waals surface area contributed by atoms with E-state index in [0.29, 0.717) is 22.8 Å². The number of carbonyl (C=O) groups excluding carboxylic acids is 3. The number of anilines is 1. The number of benzene rings is 3. The number of alkyl halides is 3. The molecule has 3 aromatic rings. The summed E-state index contributed by atoms with van der Waals surface area (Å²) in [6.07, 6.45) is -4.90. The fourth-order valence-corrected chi connectivity index (χ4v) is 4.54. The lowest BCUT2D eigenvalue weighted by atomic mass is 10.00. The Morgan fingerprint density at radius 3 is 2.26 bits per heavy atom. The summed E-state index contributed by atoms with van der Waals surface area (Å²) in [4.78, 5) is 39.4. The molecule has 38 heavy (non-hydrogen) atoms. The van der Waals surface area contributed by atoms with E-state index in [1.807, 2.05) is 13.8 Å². The summed E-state index contributed by atoms with van der Waals surface area (Å²) in [6, 6.07) is 13.1.